The molecule has 2 aromatic carbocycles. The zero-order valence-corrected chi connectivity index (χ0v) is 19.0. The number of nitrogens with one attached hydrogen (secondary N) is 1. The van der Waals surface area contributed by atoms with E-state index in [1.807, 2.05) is 18.2 Å². The van der Waals surface area contributed by atoms with Gasteiger partial charge in [-0.15, -0.1) is 0 Å². The number of fused-ring (bicyclic) bond motifs is 1. The van der Waals surface area contributed by atoms with Crippen LogP contribution in [0.25, 0.3) is 22.0 Å². The number of aliphatic hydroxyl groups is 1. The monoisotopic (exact) mass is 461 g/mol. The van der Waals surface area contributed by atoms with Gasteiger partial charge in [0.15, 0.2) is 0 Å². The fourth-order valence-electron chi connectivity index (χ4n) is 4.02. The minimum absolute atomic E-state index is 0.0268. The van der Waals surface area contributed by atoms with Gasteiger partial charge in [-0.25, -0.2) is 9.97 Å². The van der Waals surface area contributed by atoms with Crippen molar-refractivity contribution in [3.05, 3.63) is 40.5 Å². The molecule has 0 unspecified atom stereocenters. The van der Waals surface area contributed by atoms with E-state index in [0.717, 1.165) is 48.6 Å². The smallest absolute Gasteiger partial charge is 0.223 e. The highest BCUT2D eigenvalue weighted by atomic mass is 35.5. The van der Waals surface area contributed by atoms with Gasteiger partial charge >= 0.3 is 0 Å². The third kappa shape index (κ3) is 4.52. The highest BCUT2D eigenvalue weighted by Gasteiger charge is 2.22. The zero-order valence-electron chi connectivity index (χ0n) is 17.5. The Morgan fingerprint density at radius 3 is 2.42 bits per heavy atom. The molecule has 1 saturated carbocycles. The Balaban J connectivity index is 1.68. The van der Waals surface area contributed by atoms with E-state index in [4.69, 9.17) is 32.7 Å². The summed E-state index contributed by atoms with van der Waals surface area (Å²) in [5, 5.41) is 15.3. The fraction of sp³-hybridized carbons (Fsp3) is 0.391. The first-order valence-electron chi connectivity index (χ1n) is 10.3. The second-order valence-corrected chi connectivity index (χ2v) is 8.46. The maximum absolute atomic E-state index is 10.4. The van der Waals surface area contributed by atoms with Crippen molar-refractivity contribution in [3.8, 4) is 22.6 Å². The van der Waals surface area contributed by atoms with E-state index >= 15 is 0 Å². The first-order valence-corrected chi connectivity index (χ1v) is 11.1. The molecule has 2 N–H and O–H groups in total. The van der Waals surface area contributed by atoms with Crippen LogP contribution < -0.4 is 14.8 Å². The molecule has 164 valence electrons. The molecule has 4 rings (SSSR count). The number of methoxy groups -OCH3 is 2. The van der Waals surface area contributed by atoms with Gasteiger partial charge in [-0.2, -0.15) is 0 Å². The molecule has 0 saturated heterocycles. The van der Waals surface area contributed by atoms with Crippen LogP contribution >= 0.6 is 23.2 Å². The first kappa shape index (κ1) is 21.9. The van der Waals surface area contributed by atoms with Gasteiger partial charge in [0.2, 0.25) is 5.95 Å². The molecule has 0 bridgehead atoms. The number of aliphatic hydroxyl groups excluding tert-OH is 1. The van der Waals surface area contributed by atoms with Crippen molar-refractivity contribution in [3.63, 3.8) is 0 Å². The van der Waals surface area contributed by atoms with Crippen LogP contribution in [-0.4, -0.2) is 41.4 Å². The van der Waals surface area contributed by atoms with Crippen LogP contribution in [0, 0.1) is 0 Å². The van der Waals surface area contributed by atoms with Crippen molar-refractivity contribution in [1.29, 1.82) is 0 Å². The number of nitrogens with zero attached hydrogens (tertiary/aromatic N) is 2. The summed E-state index contributed by atoms with van der Waals surface area (Å²) in [6.07, 6.45) is 6.40. The Kier molecular flexibility index (Phi) is 6.70. The molecule has 31 heavy (non-hydrogen) atoms. The van der Waals surface area contributed by atoms with Crippen LogP contribution in [0.5, 0.6) is 11.5 Å². The van der Waals surface area contributed by atoms with Crippen molar-refractivity contribution in [2.24, 2.45) is 0 Å². The van der Waals surface area contributed by atoms with Gasteiger partial charge in [-0.05, 0) is 30.5 Å². The van der Waals surface area contributed by atoms with Gasteiger partial charge in [0, 0.05) is 23.2 Å². The lowest BCUT2D eigenvalue weighted by atomic mass is 10.0. The number of hydrogen-bond donors (Lipinski definition) is 2. The molecular formula is C23H25Cl2N3O3. The molecule has 0 aliphatic heterocycles. The van der Waals surface area contributed by atoms with Crippen LogP contribution in [0.15, 0.2) is 30.5 Å². The van der Waals surface area contributed by atoms with Gasteiger partial charge in [0.25, 0.3) is 0 Å². The molecule has 0 spiro atoms. The zero-order chi connectivity index (χ0) is 22.0. The molecule has 1 aliphatic rings. The molecule has 8 heteroatoms. The van der Waals surface area contributed by atoms with Gasteiger partial charge in [-0.3, -0.25) is 0 Å². The number of aromatic nitrogens is 2. The van der Waals surface area contributed by atoms with Crippen LogP contribution in [-0.2, 0) is 0 Å². The molecule has 0 amide bonds. The summed E-state index contributed by atoms with van der Waals surface area (Å²) >= 11 is 13.1. The minimum atomic E-state index is -0.378. The van der Waals surface area contributed by atoms with Crippen molar-refractivity contribution in [1.82, 2.24) is 9.97 Å². The third-order valence-electron chi connectivity index (χ3n) is 5.74. The molecule has 0 radical (unpaired) electrons. The van der Waals surface area contributed by atoms with E-state index in [1.165, 1.54) is 0 Å². The van der Waals surface area contributed by atoms with E-state index in [2.05, 4.69) is 15.3 Å². The van der Waals surface area contributed by atoms with Gasteiger partial charge in [0.05, 0.1) is 41.9 Å². The topological polar surface area (TPSA) is 76.5 Å². The summed E-state index contributed by atoms with van der Waals surface area (Å²) in [5.74, 6) is 1.48. The first-order chi connectivity index (χ1) is 15.0. The molecule has 3 aromatic rings. The Morgan fingerprint density at radius 2 is 1.71 bits per heavy atom. The number of halogens is 2. The van der Waals surface area contributed by atoms with E-state index in [0.29, 0.717) is 33.1 Å². The van der Waals surface area contributed by atoms with Crippen LogP contribution in [0.1, 0.15) is 32.1 Å². The van der Waals surface area contributed by atoms with E-state index in [1.54, 1.807) is 26.5 Å². The third-order valence-corrected chi connectivity index (χ3v) is 6.49. The van der Waals surface area contributed by atoms with Crippen molar-refractivity contribution < 1.29 is 14.6 Å². The fourth-order valence-corrected chi connectivity index (χ4v) is 4.74. The summed E-state index contributed by atoms with van der Waals surface area (Å²) in [6.45, 7) is 0. The maximum atomic E-state index is 10.4. The van der Waals surface area contributed by atoms with Crippen molar-refractivity contribution in [2.45, 2.75) is 44.2 Å². The summed E-state index contributed by atoms with van der Waals surface area (Å²) < 4.78 is 10.7. The van der Waals surface area contributed by atoms with Gasteiger partial charge < -0.3 is 19.9 Å². The van der Waals surface area contributed by atoms with Crippen molar-refractivity contribution in [2.75, 3.05) is 19.5 Å². The minimum Gasteiger partial charge on any atom is -0.495 e. The lowest BCUT2D eigenvalue weighted by molar-refractivity contribution is 0.144. The SMILES string of the molecule is COc1cc(OC)c(Cl)c(-c2ccc3nc(N[C@@H]4CCCCC[C@H]4O)ncc3c2)c1Cl. The molecule has 2 atom stereocenters. The van der Waals surface area contributed by atoms with Gasteiger partial charge in [-0.1, -0.05) is 48.5 Å². The van der Waals surface area contributed by atoms with E-state index < -0.39 is 0 Å². The summed E-state index contributed by atoms with van der Waals surface area (Å²) in [6, 6.07) is 7.38. The molecular weight excluding hydrogens is 437 g/mol. The predicted octanol–water partition coefficient (Wildman–Crippen LogP) is 5.73. The maximum Gasteiger partial charge on any atom is 0.223 e. The quantitative estimate of drug-likeness (QED) is 0.472. The lowest BCUT2D eigenvalue weighted by Crippen LogP contribution is -2.33. The highest BCUT2D eigenvalue weighted by molar-refractivity contribution is 6.41. The Bertz CT molecular complexity index is 1070. The lowest BCUT2D eigenvalue weighted by Gasteiger charge is -2.21. The second kappa shape index (κ2) is 9.47. The predicted molar refractivity (Wildman–Crippen MR) is 125 cm³/mol. The van der Waals surface area contributed by atoms with Crippen LogP contribution in [0.4, 0.5) is 5.95 Å². The molecule has 1 aromatic heterocycles. The molecule has 1 aliphatic carbocycles. The van der Waals surface area contributed by atoms with Crippen molar-refractivity contribution >= 4 is 40.1 Å². The standard InChI is InChI=1S/C23H25Cl2N3O3/c1-30-18-11-19(31-2)22(25)20(21(18)24)13-8-9-15-14(10-13)12-26-23(27-15)28-16-6-4-3-5-7-17(16)29/h8-12,16-17,29H,3-7H2,1-2H3,(H,26,27,28)/t16-,17-/m1/s1. The Labute approximate surface area is 191 Å². The summed E-state index contributed by atoms with van der Waals surface area (Å²) in [7, 11) is 3.10. The Morgan fingerprint density at radius 1 is 1.00 bits per heavy atom. The summed E-state index contributed by atoms with van der Waals surface area (Å²) in [4.78, 5) is 9.10. The normalized spacial score (nSPS) is 19.1. The number of ether oxygens (including phenoxy) is 2. The van der Waals surface area contributed by atoms with E-state index in [9.17, 15) is 5.11 Å². The molecule has 6 nitrogen and oxygen atoms in total. The average molecular weight is 462 g/mol. The number of hydrogen-bond acceptors (Lipinski definition) is 6. The van der Waals surface area contributed by atoms with Crippen LogP contribution in [0.3, 0.4) is 0 Å². The highest BCUT2D eigenvalue weighted by Crippen LogP contribution is 2.46. The summed E-state index contributed by atoms with van der Waals surface area (Å²) in [5.41, 5.74) is 2.22. The number of rotatable bonds is 5. The molecule has 1 heterocycles. The number of anilines is 1. The Hall–Kier alpha value is -2.28. The largest absolute Gasteiger partial charge is 0.495 e. The molecule has 1 fully saturated rings. The van der Waals surface area contributed by atoms with Crippen LogP contribution in [0.2, 0.25) is 10.0 Å². The average Bonchev–Trinajstić information content (AvgIpc) is 2.98. The van der Waals surface area contributed by atoms with E-state index in [-0.39, 0.29) is 12.1 Å². The number of benzene rings is 2. The van der Waals surface area contributed by atoms with Gasteiger partial charge in [0.1, 0.15) is 11.5 Å². The second-order valence-electron chi connectivity index (χ2n) is 7.71.